The number of ether oxygens (including phenoxy) is 2. The molecule has 11 heteroatoms. The van der Waals surface area contributed by atoms with E-state index < -0.39 is 29.4 Å². The summed E-state index contributed by atoms with van der Waals surface area (Å²) in [5.74, 6) is -0.391. The Balaban J connectivity index is 0.00000205. The van der Waals surface area contributed by atoms with Gasteiger partial charge < -0.3 is 24.6 Å². The average Bonchev–Trinajstić information content (AvgIpc) is 2.91. The van der Waals surface area contributed by atoms with Crippen molar-refractivity contribution in [1.29, 1.82) is 5.26 Å². The van der Waals surface area contributed by atoms with E-state index in [-0.39, 0.29) is 45.1 Å². The first-order chi connectivity index (χ1) is 18.5. The monoisotopic (exact) mass is 542 g/mol. The van der Waals surface area contributed by atoms with Gasteiger partial charge >= 0.3 is 6.09 Å². The zero-order chi connectivity index (χ0) is 28.8. The highest BCUT2D eigenvalue weighted by Gasteiger charge is 2.39. The molecular formula is C28H39FN6O4. The van der Waals surface area contributed by atoms with Crippen molar-refractivity contribution in [2.75, 3.05) is 37.6 Å². The number of rotatable bonds is 4. The fourth-order valence-corrected chi connectivity index (χ4v) is 4.67. The van der Waals surface area contributed by atoms with E-state index >= 15 is 4.39 Å². The summed E-state index contributed by atoms with van der Waals surface area (Å²) in [6.45, 7) is 12.3. The molecule has 4 rings (SSSR count). The maximum absolute atomic E-state index is 15.5. The maximum Gasteiger partial charge on any atom is 0.410 e. The Morgan fingerprint density at radius 3 is 2.59 bits per heavy atom. The summed E-state index contributed by atoms with van der Waals surface area (Å²) < 4.78 is 26.7. The summed E-state index contributed by atoms with van der Waals surface area (Å²) in [6, 6.07) is 5.67. The highest BCUT2D eigenvalue weighted by atomic mass is 19.1. The molecule has 1 aromatic heterocycles. The van der Waals surface area contributed by atoms with Crippen molar-refractivity contribution in [3.8, 4) is 6.07 Å². The van der Waals surface area contributed by atoms with Gasteiger partial charge in [0.25, 0.3) is 5.91 Å². The molecule has 10 nitrogen and oxygen atoms in total. The van der Waals surface area contributed by atoms with Gasteiger partial charge in [0.1, 0.15) is 23.7 Å². The number of anilines is 1. The van der Waals surface area contributed by atoms with Gasteiger partial charge in [0.2, 0.25) is 0 Å². The van der Waals surface area contributed by atoms with E-state index in [1.54, 1.807) is 33.0 Å². The van der Waals surface area contributed by atoms with Gasteiger partial charge in [-0.25, -0.2) is 19.2 Å². The van der Waals surface area contributed by atoms with Gasteiger partial charge in [-0.3, -0.25) is 4.79 Å². The summed E-state index contributed by atoms with van der Waals surface area (Å²) in [7, 11) is 0. The van der Waals surface area contributed by atoms with Crippen molar-refractivity contribution in [2.24, 2.45) is 0 Å². The Hall–Kier alpha value is -3.52. The number of piperidine rings is 1. The second kappa shape index (κ2) is 12.6. The van der Waals surface area contributed by atoms with Gasteiger partial charge in [0.05, 0.1) is 30.3 Å². The van der Waals surface area contributed by atoms with E-state index in [0.717, 1.165) is 5.69 Å². The molecule has 1 unspecified atom stereocenters. The molecule has 2 aliphatic rings. The quantitative estimate of drug-likeness (QED) is 0.616. The van der Waals surface area contributed by atoms with Crippen molar-refractivity contribution in [3.63, 3.8) is 0 Å². The number of alkyl halides is 1. The zero-order valence-corrected chi connectivity index (χ0v) is 23.7. The van der Waals surface area contributed by atoms with Crippen molar-refractivity contribution >= 4 is 28.6 Å². The molecule has 0 spiro atoms. The van der Waals surface area contributed by atoms with Crippen molar-refractivity contribution < 1.29 is 23.5 Å². The first-order valence-electron chi connectivity index (χ1n) is 13.5. The van der Waals surface area contributed by atoms with E-state index in [9.17, 15) is 14.9 Å². The molecule has 1 N–H and O–H groups in total. The van der Waals surface area contributed by atoms with Crippen molar-refractivity contribution in [3.05, 3.63) is 30.2 Å². The number of amides is 2. The largest absolute Gasteiger partial charge is 0.444 e. The number of halogens is 1. The molecule has 1 aromatic carbocycles. The molecule has 2 fully saturated rings. The van der Waals surface area contributed by atoms with Crippen LogP contribution in [0.2, 0.25) is 0 Å². The molecule has 39 heavy (non-hydrogen) atoms. The van der Waals surface area contributed by atoms with Gasteiger partial charge in [-0.15, -0.1) is 0 Å². The van der Waals surface area contributed by atoms with Crippen LogP contribution in [0.1, 0.15) is 59.9 Å². The smallest absolute Gasteiger partial charge is 0.410 e. The molecule has 0 bridgehead atoms. The third kappa shape index (κ3) is 7.53. The lowest BCUT2D eigenvalue weighted by molar-refractivity contribution is -0.138. The predicted octanol–water partition coefficient (Wildman–Crippen LogP) is 3.98. The minimum Gasteiger partial charge on any atom is -0.444 e. The lowest BCUT2D eigenvalue weighted by Crippen LogP contribution is -2.55. The molecule has 212 valence electrons. The number of benzene rings is 1. The first-order valence-corrected chi connectivity index (χ1v) is 13.5. The fraction of sp³-hybridized carbons (Fsp3) is 0.607. The van der Waals surface area contributed by atoms with Crippen LogP contribution >= 0.6 is 0 Å². The van der Waals surface area contributed by atoms with Crippen LogP contribution in [0.5, 0.6) is 0 Å². The molecule has 2 aromatic rings. The molecule has 2 aliphatic heterocycles. The van der Waals surface area contributed by atoms with E-state index in [1.165, 1.54) is 11.2 Å². The molecule has 0 aliphatic carbocycles. The van der Waals surface area contributed by atoms with Crippen LogP contribution in [-0.2, 0) is 14.3 Å². The number of nitrogens with zero attached hydrogens (tertiary/aromatic N) is 5. The average molecular weight is 543 g/mol. The number of morpholine rings is 1. The number of carbonyl (C=O) groups excluding carboxylic acids is 2. The number of likely N-dealkylation sites (tertiary alicyclic amines) is 1. The van der Waals surface area contributed by atoms with Crippen LogP contribution < -0.4 is 10.2 Å². The SMILES string of the molecule is CC.C[C@@H]1CN(c2ccc(C#N)c3ncncc23)CC(C(=O)NCC2(F)CCN(C(=O)OC(C)(C)C)CC2)O1. The van der Waals surface area contributed by atoms with E-state index in [2.05, 4.69) is 21.4 Å². The van der Waals surface area contributed by atoms with Crippen molar-refractivity contribution in [2.45, 2.75) is 77.9 Å². The third-order valence-corrected chi connectivity index (χ3v) is 6.56. The Morgan fingerprint density at radius 1 is 1.26 bits per heavy atom. The van der Waals surface area contributed by atoms with Crippen LogP contribution in [0.4, 0.5) is 14.9 Å². The number of fused-ring (bicyclic) bond motifs is 1. The topological polar surface area (TPSA) is 121 Å². The second-order valence-electron chi connectivity index (χ2n) is 10.7. The Morgan fingerprint density at radius 2 is 1.95 bits per heavy atom. The van der Waals surface area contributed by atoms with E-state index in [1.807, 2.05) is 31.7 Å². The van der Waals surface area contributed by atoms with Gasteiger partial charge in [-0.1, -0.05) is 13.8 Å². The molecule has 2 atom stereocenters. The fourth-order valence-electron chi connectivity index (χ4n) is 4.67. The van der Waals surface area contributed by atoms with E-state index in [4.69, 9.17) is 9.47 Å². The summed E-state index contributed by atoms with van der Waals surface area (Å²) in [5.41, 5.74) is -0.430. The Labute approximate surface area is 229 Å². The number of aromatic nitrogens is 2. The molecule has 0 radical (unpaired) electrons. The normalized spacial score (nSPS) is 20.9. The van der Waals surface area contributed by atoms with Crippen molar-refractivity contribution in [1.82, 2.24) is 20.2 Å². The number of hydrogen-bond donors (Lipinski definition) is 1. The first kappa shape index (κ1) is 30.0. The standard InChI is InChI=1S/C26H33FN6O4.C2H6/c1-17-13-33(20-6-5-18(11-28)22-19(20)12-29-16-31-22)14-21(36-17)23(34)30-15-26(27)7-9-32(10-8-26)24(35)37-25(2,3)4;1-2/h5-6,12,16-17,21H,7-10,13-15H2,1-4H3,(H,30,34);1-2H3/t17-,21?;/m1./s1. The Kier molecular flexibility index (Phi) is 9.67. The minimum atomic E-state index is -1.62. The molecule has 2 amide bonds. The van der Waals surface area contributed by atoms with Crippen LogP contribution in [0.15, 0.2) is 24.7 Å². The van der Waals surface area contributed by atoms with Gasteiger partial charge in [-0.2, -0.15) is 5.26 Å². The number of carbonyl (C=O) groups is 2. The summed E-state index contributed by atoms with van der Waals surface area (Å²) >= 11 is 0. The third-order valence-electron chi connectivity index (χ3n) is 6.56. The lowest BCUT2D eigenvalue weighted by atomic mass is 9.93. The molecule has 0 saturated carbocycles. The van der Waals surface area contributed by atoms with E-state index in [0.29, 0.717) is 23.0 Å². The number of hydrogen-bond acceptors (Lipinski definition) is 8. The molecule has 3 heterocycles. The lowest BCUT2D eigenvalue weighted by Gasteiger charge is -2.39. The van der Waals surface area contributed by atoms with Gasteiger partial charge in [0.15, 0.2) is 6.10 Å². The second-order valence-corrected chi connectivity index (χ2v) is 10.7. The summed E-state index contributed by atoms with van der Waals surface area (Å²) in [5, 5.41) is 12.9. The summed E-state index contributed by atoms with van der Waals surface area (Å²) in [4.78, 5) is 37.2. The maximum atomic E-state index is 15.5. The van der Waals surface area contributed by atoms with Crippen LogP contribution in [0.3, 0.4) is 0 Å². The highest BCUT2D eigenvalue weighted by molar-refractivity contribution is 5.95. The molecule has 2 saturated heterocycles. The van der Waals surface area contributed by atoms with Gasteiger partial charge in [-0.05, 0) is 39.8 Å². The van der Waals surface area contributed by atoms with Crippen LogP contribution in [-0.4, -0.2) is 83.1 Å². The van der Waals surface area contributed by atoms with Crippen LogP contribution in [0, 0.1) is 11.3 Å². The molecular weight excluding hydrogens is 503 g/mol. The predicted molar refractivity (Wildman–Crippen MR) is 146 cm³/mol. The highest BCUT2D eigenvalue weighted by Crippen LogP contribution is 2.30. The minimum absolute atomic E-state index is 0.109. The summed E-state index contributed by atoms with van der Waals surface area (Å²) in [6.07, 6.45) is 1.76. The number of nitrogens with one attached hydrogen (secondary N) is 1. The van der Waals surface area contributed by atoms with Crippen LogP contribution in [0.25, 0.3) is 10.9 Å². The zero-order valence-electron chi connectivity index (χ0n) is 23.7. The Bertz CT molecular complexity index is 1200. The number of nitriles is 1. The van der Waals surface area contributed by atoms with Gasteiger partial charge in [0, 0.05) is 49.7 Å².